The summed E-state index contributed by atoms with van der Waals surface area (Å²) in [6, 6.07) is 18.4. The molecule has 1 N–H and O–H groups in total. The van der Waals surface area contributed by atoms with Crippen molar-refractivity contribution in [2.24, 2.45) is 0 Å². The molecule has 0 saturated heterocycles. The van der Waals surface area contributed by atoms with Crippen LogP contribution in [0.15, 0.2) is 60.7 Å². The van der Waals surface area contributed by atoms with Crippen LogP contribution in [0.3, 0.4) is 0 Å². The average molecular weight is 470 g/mol. The molecule has 2 rings (SSSR count). The van der Waals surface area contributed by atoms with E-state index in [0.29, 0.717) is 24.1 Å². The van der Waals surface area contributed by atoms with Crippen LogP contribution in [0.4, 0.5) is 0 Å². The number of hydrogen-bond acceptors (Lipinski definition) is 5. The van der Waals surface area contributed by atoms with Gasteiger partial charge < -0.3 is 14.6 Å². The molecule has 0 amide bonds. The Morgan fingerprint density at radius 1 is 0.971 bits per heavy atom. The monoisotopic (exact) mass is 469 g/mol. The Morgan fingerprint density at radius 3 is 2.09 bits per heavy atom. The molecule has 0 saturated carbocycles. The van der Waals surface area contributed by atoms with E-state index in [2.05, 4.69) is 92.8 Å². The summed E-state index contributed by atoms with van der Waals surface area (Å²) >= 11 is 0. The summed E-state index contributed by atoms with van der Waals surface area (Å²) < 4.78 is 9.80. The van der Waals surface area contributed by atoms with Gasteiger partial charge in [0, 0.05) is 35.7 Å². The fraction of sp³-hybridized carbons (Fsp3) is 0.429. The molecular weight excluding hydrogens is 430 g/mol. The van der Waals surface area contributed by atoms with E-state index in [4.69, 9.17) is 9.84 Å². The van der Waals surface area contributed by atoms with Crippen LogP contribution in [-0.2, 0) is 14.3 Å². The van der Waals surface area contributed by atoms with Crippen LogP contribution in [0.25, 0.3) is 0 Å². The predicted octanol–water partition coefficient (Wildman–Crippen LogP) is 5.44. The third-order valence-electron chi connectivity index (χ3n) is 5.53. The van der Waals surface area contributed by atoms with Gasteiger partial charge in [0.05, 0.1) is 14.2 Å². The predicted molar refractivity (Wildman–Crippen MR) is 136 cm³/mol. The summed E-state index contributed by atoms with van der Waals surface area (Å²) in [5.41, 5.74) is 3.93. The van der Waals surface area contributed by atoms with Gasteiger partial charge in [-0.3, -0.25) is 4.90 Å². The van der Waals surface area contributed by atoms with E-state index in [0.717, 1.165) is 24.8 Å². The molecule has 34 heavy (non-hydrogen) atoms. The average Bonchev–Trinajstić information content (AvgIpc) is 2.80. The Morgan fingerprint density at radius 2 is 1.59 bits per heavy atom. The van der Waals surface area contributed by atoms with E-state index in [1.54, 1.807) is 7.11 Å². The number of benzene rings is 2. The Labute approximate surface area is 204 Å². The van der Waals surface area contributed by atoms with Crippen molar-refractivity contribution in [3.8, 4) is 5.75 Å². The molecule has 2 aromatic carbocycles. The topological polar surface area (TPSA) is 76.1 Å². The number of carbonyl (C=O) groups is 2. The number of hydrogen-bond donors (Lipinski definition) is 1. The molecule has 1 atom stereocenters. The SMILES string of the molecule is COC(=O)/C=C/C(=O)O.COc1ccc(C)cc1C(CCN(C(C)C)C(C)C)c1ccccc1. The third-order valence-corrected chi connectivity index (χ3v) is 5.53. The van der Waals surface area contributed by atoms with Crippen molar-refractivity contribution in [1.29, 1.82) is 0 Å². The molecule has 0 aromatic heterocycles. The maximum absolute atomic E-state index is 10.1. The van der Waals surface area contributed by atoms with Gasteiger partial charge in [-0.05, 0) is 59.2 Å². The largest absolute Gasteiger partial charge is 0.496 e. The number of nitrogens with zero attached hydrogens (tertiary/aromatic N) is 1. The number of carbonyl (C=O) groups excluding carboxylic acids is 1. The second-order valence-corrected chi connectivity index (χ2v) is 8.62. The van der Waals surface area contributed by atoms with Gasteiger partial charge in [0.2, 0.25) is 0 Å². The Hall–Kier alpha value is -3.12. The van der Waals surface area contributed by atoms with Crippen molar-refractivity contribution >= 4 is 11.9 Å². The zero-order valence-corrected chi connectivity index (χ0v) is 21.4. The maximum atomic E-state index is 10.1. The van der Waals surface area contributed by atoms with Gasteiger partial charge in [0.1, 0.15) is 5.75 Å². The smallest absolute Gasteiger partial charge is 0.330 e. The van der Waals surface area contributed by atoms with Crippen LogP contribution in [0, 0.1) is 6.92 Å². The summed E-state index contributed by atoms with van der Waals surface area (Å²) in [4.78, 5) is 22.4. The summed E-state index contributed by atoms with van der Waals surface area (Å²) in [5, 5.41) is 7.96. The van der Waals surface area contributed by atoms with Crippen molar-refractivity contribution in [2.75, 3.05) is 20.8 Å². The molecule has 0 aliphatic rings. The van der Waals surface area contributed by atoms with Crippen LogP contribution in [-0.4, -0.2) is 54.8 Å². The number of ether oxygens (including phenoxy) is 2. The first-order chi connectivity index (χ1) is 16.1. The van der Waals surface area contributed by atoms with Gasteiger partial charge in [-0.15, -0.1) is 0 Å². The van der Waals surface area contributed by atoms with Crippen LogP contribution in [0.5, 0.6) is 5.75 Å². The highest BCUT2D eigenvalue weighted by Crippen LogP contribution is 2.35. The zero-order valence-electron chi connectivity index (χ0n) is 21.4. The van der Waals surface area contributed by atoms with Crippen LogP contribution >= 0.6 is 0 Å². The van der Waals surface area contributed by atoms with E-state index < -0.39 is 11.9 Å². The zero-order chi connectivity index (χ0) is 25.7. The lowest BCUT2D eigenvalue weighted by Crippen LogP contribution is -2.38. The summed E-state index contributed by atoms with van der Waals surface area (Å²) in [6.07, 6.45) is 2.63. The standard InChI is InChI=1S/C23H33NO.C5H6O4/c1-17(2)24(18(3)4)15-14-21(20-10-8-7-9-11-20)22-16-19(5)12-13-23(22)25-6;1-9-5(8)3-2-4(6)7/h7-13,16-18,21H,14-15H2,1-6H3;2-3H,1H3,(H,6,7)/b;3-2+. The quantitative estimate of drug-likeness (QED) is 0.369. The molecule has 0 aliphatic heterocycles. The van der Waals surface area contributed by atoms with Crippen LogP contribution < -0.4 is 4.74 Å². The first-order valence-corrected chi connectivity index (χ1v) is 11.5. The molecule has 6 nitrogen and oxygen atoms in total. The molecule has 0 fully saturated rings. The number of rotatable bonds is 10. The summed E-state index contributed by atoms with van der Waals surface area (Å²) in [5.74, 6) is -0.506. The molecule has 2 aromatic rings. The van der Waals surface area contributed by atoms with Gasteiger partial charge in [-0.2, -0.15) is 0 Å². The second kappa shape index (κ2) is 14.9. The van der Waals surface area contributed by atoms with E-state index in [-0.39, 0.29) is 0 Å². The highest BCUT2D eigenvalue weighted by atomic mass is 16.5. The Kier molecular flexibility index (Phi) is 12.7. The lowest BCUT2D eigenvalue weighted by molar-refractivity contribution is -0.136. The lowest BCUT2D eigenvalue weighted by atomic mass is 9.86. The third kappa shape index (κ3) is 9.79. The molecule has 6 heteroatoms. The summed E-state index contributed by atoms with van der Waals surface area (Å²) in [7, 11) is 2.94. The van der Waals surface area contributed by atoms with Crippen molar-refractivity contribution in [2.45, 2.75) is 59.0 Å². The van der Waals surface area contributed by atoms with Crippen LogP contribution in [0.1, 0.15) is 56.7 Å². The highest BCUT2D eigenvalue weighted by molar-refractivity contribution is 5.90. The van der Waals surface area contributed by atoms with Crippen LogP contribution in [0.2, 0.25) is 0 Å². The highest BCUT2D eigenvalue weighted by Gasteiger charge is 2.21. The van der Waals surface area contributed by atoms with Gasteiger partial charge in [0.25, 0.3) is 0 Å². The van der Waals surface area contributed by atoms with Gasteiger partial charge in [0.15, 0.2) is 0 Å². The molecular formula is C28H39NO5. The molecule has 1 unspecified atom stereocenters. The normalized spacial score (nSPS) is 11.9. The van der Waals surface area contributed by atoms with Gasteiger partial charge >= 0.3 is 11.9 Å². The maximum Gasteiger partial charge on any atom is 0.330 e. The Bertz CT molecular complexity index is 914. The van der Waals surface area contributed by atoms with E-state index in [1.807, 2.05) is 0 Å². The van der Waals surface area contributed by atoms with E-state index in [1.165, 1.54) is 23.8 Å². The van der Waals surface area contributed by atoms with Crippen molar-refractivity contribution in [3.05, 3.63) is 77.4 Å². The fourth-order valence-electron chi connectivity index (χ4n) is 3.91. The van der Waals surface area contributed by atoms with Crippen molar-refractivity contribution in [1.82, 2.24) is 4.90 Å². The first kappa shape index (κ1) is 28.9. The molecule has 0 aliphatic carbocycles. The number of aliphatic carboxylic acids is 1. The molecule has 0 heterocycles. The molecule has 186 valence electrons. The van der Waals surface area contributed by atoms with Gasteiger partial charge in [-0.1, -0.05) is 48.0 Å². The number of aryl methyl sites for hydroxylation is 1. The van der Waals surface area contributed by atoms with Crippen molar-refractivity contribution in [3.63, 3.8) is 0 Å². The molecule has 0 bridgehead atoms. The Balaban J connectivity index is 0.000000546. The number of carboxylic acid groups (broad SMARTS) is 1. The van der Waals surface area contributed by atoms with E-state index in [9.17, 15) is 9.59 Å². The second-order valence-electron chi connectivity index (χ2n) is 8.62. The van der Waals surface area contributed by atoms with E-state index >= 15 is 0 Å². The minimum absolute atomic E-state index is 0.344. The summed E-state index contributed by atoms with van der Waals surface area (Å²) in [6.45, 7) is 12.4. The number of carboxylic acids is 1. The molecule has 0 radical (unpaired) electrons. The number of esters is 1. The lowest BCUT2D eigenvalue weighted by Gasteiger charge is -2.32. The minimum atomic E-state index is -1.17. The van der Waals surface area contributed by atoms with Gasteiger partial charge in [-0.25, -0.2) is 9.59 Å². The first-order valence-electron chi connectivity index (χ1n) is 11.5. The molecule has 0 spiro atoms. The van der Waals surface area contributed by atoms with Crippen molar-refractivity contribution < 1.29 is 24.2 Å². The minimum Gasteiger partial charge on any atom is -0.496 e. The number of methoxy groups -OCH3 is 2. The fourth-order valence-corrected chi connectivity index (χ4v) is 3.91.